The third kappa shape index (κ3) is 5.17. The lowest BCUT2D eigenvalue weighted by Crippen LogP contribution is -2.61. The van der Waals surface area contributed by atoms with Crippen LogP contribution < -0.4 is 26.2 Å². The van der Waals surface area contributed by atoms with Crippen molar-refractivity contribution >= 4 is 132 Å². The van der Waals surface area contributed by atoms with Crippen LogP contribution in [0.25, 0.3) is 85.9 Å². The fraction of sp³-hybridized carbons (Fsp3) is 0. The molecule has 310 valence electrons. The van der Waals surface area contributed by atoms with E-state index in [9.17, 15) is 0 Å². The lowest BCUT2D eigenvalue weighted by atomic mass is 9.33. The second-order valence-corrected chi connectivity index (χ2v) is 18.9. The van der Waals surface area contributed by atoms with Crippen LogP contribution in [-0.2, 0) is 0 Å². The van der Waals surface area contributed by atoms with E-state index in [4.69, 9.17) is 4.42 Å². The van der Waals surface area contributed by atoms with Gasteiger partial charge >= 0.3 is 0 Å². The van der Waals surface area contributed by atoms with Crippen LogP contribution in [0.2, 0.25) is 0 Å². The molecular formula is C62H37BN2OS. The smallest absolute Gasteiger partial charge is 0.252 e. The first kappa shape index (κ1) is 36.9. The molecule has 11 aromatic carbocycles. The van der Waals surface area contributed by atoms with E-state index < -0.39 is 0 Å². The second-order valence-electron chi connectivity index (χ2n) is 17.9. The number of anilines is 6. The predicted molar refractivity (Wildman–Crippen MR) is 287 cm³/mol. The molecule has 0 fully saturated rings. The third-order valence-electron chi connectivity index (χ3n) is 14.4. The summed E-state index contributed by atoms with van der Waals surface area (Å²) in [5, 5.41) is 9.68. The Balaban J connectivity index is 1.13. The molecule has 0 bridgehead atoms. The van der Waals surface area contributed by atoms with E-state index in [1.54, 1.807) is 0 Å². The number of rotatable bonds is 4. The Bertz CT molecular complexity index is 3930. The summed E-state index contributed by atoms with van der Waals surface area (Å²) >= 11 is 1.88. The lowest BCUT2D eigenvalue weighted by Gasteiger charge is -2.45. The van der Waals surface area contributed by atoms with E-state index in [-0.39, 0.29) is 6.71 Å². The fourth-order valence-corrected chi connectivity index (χ4v) is 12.8. The Hall–Kier alpha value is -8.38. The van der Waals surface area contributed by atoms with E-state index in [1.807, 2.05) is 11.3 Å². The number of furan rings is 1. The molecule has 5 heteroatoms. The molecule has 4 heterocycles. The topological polar surface area (TPSA) is 19.6 Å². The summed E-state index contributed by atoms with van der Waals surface area (Å²) in [4.78, 5) is 5.22. The van der Waals surface area contributed by atoms with Crippen molar-refractivity contribution in [1.82, 2.24) is 0 Å². The number of para-hydroxylation sites is 1. The van der Waals surface area contributed by atoms with Gasteiger partial charge in [0.25, 0.3) is 6.71 Å². The first-order chi connectivity index (χ1) is 33.3. The zero-order valence-corrected chi connectivity index (χ0v) is 37.0. The van der Waals surface area contributed by atoms with Gasteiger partial charge in [-0.3, -0.25) is 0 Å². The van der Waals surface area contributed by atoms with Crippen molar-refractivity contribution in [3.63, 3.8) is 0 Å². The van der Waals surface area contributed by atoms with Gasteiger partial charge in [-0.2, -0.15) is 0 Å². The normalized spacial score (nSPS) is 13.0. The van der Waals surface area contributed by atoms with Gasteiger partial charge in [-0.05, 0) is 97.6 Å². The monoisotopic (exact) mass is 868 g/mol. The van der Waals surface area contributed by atoms with Crippen LogP contribution in [0, 0.1) is 0 Å². The molecule has 13 aromatic rings. The molecule has 0 saturated carbocycles. The van der Waals surface area contributed by atoms with Crippen molar-refractivity contribution in [1.29, 1.82) is 0 Å². The predicted octanol–water partition coefficient (Wildman–Crippen LogP) is 15.7. The Kier molecular flexibility index (Phi) is 7.75. The summed E-state index contributed by atoms with van der Waals surface area (Å²) in [6.45, 7) is -0.0916. The van der Waals surface area contributed by atoms with Gasteiger partial charge in [0.2, 0.25) is 0 Å². The largest absolute Gasteiger partial charge is 0.456 e. The third-order valence-corrected chi connectivity index (χ3v) is 15.6. The summed E-state index contributed by atoms with van der Waals surface area (Å²) in [7, 11) is 0. The van der Waals surface area contributed by atoms with Gasteiger partial charge in [0, 0.05) is 48.1 Å². The minimum Gasteiger partial charge on any atom is -0.456 e. The molecule has 0 amide bonds. The van der Waals surface area contributed by atoms with Gasteiger partial charge in [0.05, 0.1) is 28.1 Å². The minimum absolute atomic E-state index is 0.0916. The summed E-state index contributed by atoms with van der Waals surface area (Å²) in [6, 6.07) is 82.9. The number of thiophene rings is 1. The van der Waals surface area contributed by atoms with E-state index in [0.717, 1.165) is 44.7 Å². The molecule has 2 aliphatic heterocycles. The van der Waals surface area contributed by atoms with E-state index in [1.165, 1.54) is 91.7 Å². The molecule has 0 unspecified atom stereocenters. The van der Waals surface area contributed by atoms with Crippen LogP contribution >= 0.6 is 11.3 Å². The number of nitrogens with zero attached hydrogens (tertiary/aromatic N) is 2. The molecule has 0 atom stereocenters. The van der Waals surface area contributed by atoms with Crippen molar-refractivity contribution in [3.05, 3.63) is 224 Å². The van der Waals surface area contributed by atoms with Crippen LogP contribution in [-0.4, -0.2) is 6.71 Å². The average Bonchev–Trinajstić information content (AvgIpc) is 3.97. The number of benzene rings is 11. The SMILES string of the molecule is c1ccc(-c2c(N3c4cccc5c4B(c4ccc6oc7ccccc7c6c43)c3ccc4sc6ccccc6c4c3N5c3ccc4ccccc4c3-c3ccccc3)ccc3ccccc23)cc1. The van der Waals surface area contributed by atoms with E-state index in [2.05, 4.69) is 234 Å². The molecule has 0 radical (unpaired) electrons. The molecule has 0 N–H and O–H groups in total. The molecule has 2 aromatic heterocycles. The molecule has 3 nitrogen and oxygen atoms in total. The molecule has 67 heavy (non-hydrogen) atoms. The highest BCUT2D eigenvalue weighted by molar-refractivity contribution is 7.26. The van der Waals surface area contributed by atoms with Crippen molar-refractivity contribution < 1.29 is 4.42 Å². The first-order valence-corrected chi connectivity index (χ1v) is 23.9. The lowest BCUT2D eigenvalue weighted by molar-refractivity contribution is 0.669. The molecular weight excluding hydrogens is 832 g/mol. The molecule has 15 rings (SSSR count). The Labute approximate surface area is 391 Å². The summed E-state index contributed by atoms with van der Waals surface area (Å²) in [6.07, 6.45) is 0. The van der Waals surface area contributed by atoms with Crippen LogP contribution in [0.1, 0.15) is 0 Å². The van der Waals surface area contributed by atoms with Gasteiger partial charge in [-0.15, -0.1) is 11.3 Å². The molecule has 0 aliphatic carbocycles. The van der Waals surface area contributed by atoms with Crippen molar-refractivity contribution in [3.8, 4) is 22.3 Å². The van der Waals surface area contributed by atoms with Gasteiger partial charge in [-0.25, -0.2) is 0 Å². The molecule has 2 aliphatic rings. The number of hydrogen-bond donors (Lipinski definition) is 0. The number of fused-ring (bicyclic) bond motifs is 14. The Morgan fingerprint density at radius 1 is 0.343 bits per heavy atom. The van der Waals surface area contributed by atoms with Gasteiger partial charge in [0.15, 0.2) is 0 Å². The van der Waals surface area contributed by atoms with E-state index in [0.29, 0.717) is 0 Å². The minimum atomic E-state index is -0.0916. The van der Waals surface area contributed by atoms with Gasteiger partial charge in [0.1, 0.15) is 11.2 Å². The maximum atomic E-state index is 6.78. The van der Waals surface area contributed by atoms with Crippen LogP contribution in [0.15, 0.2) is 229 Å². The molecule has 0 spiro atoms. The van der Waals surface area contributed by atoms with Crippen molar-refractivity contribution in [2.75, 3.05) is 9.80 Å². The summed E-state index contributed by atoms with van der Waals surface area (Å²) in [5.74, 6) is 0. The van der Waals surface area contributed by atoms with Crippen molar-refractivity contribution in [2.24, 2.45) is 0 Å². The van der Waals surface area contributed by atoms with Crippen molar-refractivity contribution in [2.45, 2.75) is 0 Å². The fourth-order valence-electron chi connectivity index (χ4n) is 11.7. The summed E-state index contributed by atoms with van der Waals surface area (Å²) in [5.41, 5.74) is 17.4. The van der Waals surface area contributed by atoms with E-state index >= 15 is 0 Å². The van der Waals surface area contributed by atoms with Gasteiger partial charge < -0.3 is 14.2 Å². The molecule has 0 saturated heterocycles. The first-order valence-electron chi connectivity index (χ1n) is 23.0. The zero-order valence-electron chi connectivity index (χ0n) is 36.2. The quantitative estimate of drug-likeness (QED) is 0.164. The van der Waals surface area contributed by atoms with Gasteiger partial charge in [-0.1, -0.05) is 176 Å². The Morgan fingerprint density at radius 3 is 1.51 bits per heavy atom. The second kappa shape index (κ2) is 14.1. The van der Waals surface area contributed by atoms with Crippen LogP contribution in [0.3, 0.4) is 0 Å². The standard InChI is InChI=1S/C62H37BN2OS/c1-3-18-40(19-4-1)56-42-22-9-7-16-38(42)30-34-48(56)64-50-26-15-27-51-60(50)63(46-32-36-53-58(61(46)64)44-24-11-13-28-52(44)66-53)47-33-37-55-59(45-25-12-14-29-54(45)67-55)62(47)65(51)49-35-31-39-17-8-10-23-43(39)57(49)41-20-5-2-6-21-41/h1-37H. The zero-order chi connectivity index (χ0) is 43.7. The highest BCUT2D eigenvalue weighted by Crippen LogP contribution is 2.54. The maximum Gasteiger partial charge on any atom is 0.252 e. The highest BCUT2D eigenvalue weighted by Gasteiger charge is 2.46. The van der Waals surface area contributed by atoms with Crippen LogP contribution in [0.5, 0.6) is 0 Å². The average molecular weight is 869 g/mol. The Morgan fingerprint density at radius 2 is 0.866 bits per heavy atom. The summed E-state index contributed by atoms with van der Waals surface area (Å²) < 4.78 is 9.35. The maximum absolute atomic E-state index is 6.78. The highest BCUT2D eigenvalue weighted by atomic mass is 32.1. The number of hydrogen-bond acceptors (Lipinski definition) is 4. The van der Waals surface area contributed by atoms with Crippen LogP contribution in [0.4, 0.5) is 34.1 Å².